The van der Waals surface area contributed by atoms with Crippen molar-refractivity contribution < 1.29 is 14.3 Å². The number of hydrogen-bond donors (Lipinski definition) is 2. The molecule has 0 aliphatic carbocycles. The van der Waals surface area contributed by atoms with Gasteiger partial charge >= 0.3 is 0 Å². The molecule has 0 aromatic rings. The van der Waals surface area contributed by atoms with Crippen molar-refractivity contribution in [2.45, 2.75) is 58.3 Å². The first kappa shape index (κ1) is 18.6. The van der Waals surface area contributed by atoms with Gasteiger partial charge in [0, 0.05) is 44.9 Å². The molecule has 2 saturated heterocycles. The highest BCUT2D eigenvalue weighted by molar-refractivity contribution is 5.83. The lowest BCUT2D eigenvalue weighted by Crippen LogP contribution is -2.60. The molecule has 0 aromatic heterocycles. The Morgan fingerprint density at radius 3 is 2.35 bits per heavy atom. The lowest BCUT2D eigenvalue weighted by molar-refractivity contribution is -0.137. The van der Waals surface area contributed by atoms with Crippen molar-refractivity contribution in [1.82, 2.24) is 10.2 Å². The van der Waals surface area contributed by atoms with Crippen LogP contribution in [0.3, 0.4) is 0 Å². The predicted molar refractivity (Wildman–Crippen MR) is 90.2 cm³/mol. The van der Waals surface area contributed by atoms with E-state index in [9.17, 15) is 4.79 Å². The number of carbonyl (C=O) groups is 1. The van der Waals surface area contributed by atoms with Crippen LogP contribution < -0.4 is 11.1 Å². The second-order valence-corrected chi connectivity index (χ2v) is 7.75. The third-order valence-electron chi connectivity index (χ3n) is 5.28. The molecule has 3 N–H and O–H groups in total. The largest absolute Gasteiger partial charge is 0.381 e. The summed E-state index contributed by atoms with van der Waals surface area (Å²) in [5.74, 6) is 0.0748. The van der Waals surface area contributed by atoms with E-state index in [1.54, 1.807) is 0 Å². The van der Waals surface area contributed by atoms with E-state index in [1.165, 1.54) is 0 Å². The number of morpholine rings is 1. The Balaban J connectivity index is 1.93. The van der Waals surface area contributed by atoms with Gasteiger partial charge in [-0.05, 0) is 40.5 Å². The van der Waals surface area contributed by atoms with Gasteiger partial charge in [-0.25, -0.2) is 0 Å². The Morgan fingerprint density at radius 2 is 1.83 bits per heavy atom. The van der Waals surface area contributed by atoms with Crippen LogP contribution in [0.15, 0.2) is 0 Å². The SMILES string of the molecule is CC1CN(C(C)(C)CNC(=O)C2(CN)CCOCC2)CC(C)O1. The zero-order valence-electron chi connectivity index (χ0n) is 15.1. The fraction of sp³-hybridized carbons (Fsp3) is 0.941. The maximum absolute atomic E-state index is 12.7. The first-order chi connectivity index (χ1) is 10.8. The Hall–Kier alpha value is -0.690. The summed E-state index contributed by atoms with van der Waals surface area (Å²) in [6.07, 6.45) is 1.86. The summed E-state index contributed by atoms with van der Waals surface area (Å²) in [6, 6.07) is 0. The maximum atomic E-state index is 12.7. The van der Waals surface area contributed by atoms with Crippen LogP contribution in [0.25, 0.3) is 0 Å². The molecule has 0 radical (unpaired) electrons. The highest BCUT2D eigenvalue weighted by Crippen LogP contribution is 2.30. The van der Waals surface area contributed by atoms with Crippen LogP contribution in [0.4, 0.5) is 0 Å². The molecule has 23 heavy (non-hydrogen) atoms. The predicted octanol–water partition coefficient (Wildman–Crippen LogP) is 0.746. The Kier molecular flexibility index (Phi) is 6.05. The first-order valence-corrected chi connectivity index (χ1v) is 8.76. The molecule has 134 valence electrons. The lowest BCUT2D eigenvalue weighted by atomic mass is 9.79. The minimum absolute atomic E-state index is 0.0748. The molecule has 0 spiro atoms. The maximum Gasteiger partial charge on any atom is 0.227 e. The van der Waals surface area contributed by atoms with Crippen molar-refractivity contribution in [3.8, 4) is 0 Å². The topological polar surface area (TPSA) is 76.8 Å². The third kappa shape index (κ3) is 4.44. The van der Waals surface area contributed by atoms with Crippen LogP contribution in [-0.4, -0.2) is 67.9 Å². The van der Waals surface area contributed by atoms with Crippen molar-refractivity contribution in [2.24, 2.45) is 11.1 Å². The minimum atomic E-state index is -0.458. The molecule has 0 saturated carbocycles. The molecule has 0 bridgehead atoms. The minimum Gasteiger partial charge on any atom is -0.381 e. The van der Waals surface area contributed by atoms with Crippen LogP contribution in [0.1, 0.15) is 40.5 Å². The van der Waals surface area contributed by atoms with E-state index in [-0.39, 0.29) is 23.7 Å². The molecule has 2 aliphatic heterocycles. The van der Waals surface area contributed by atoms with Gasteiger partial charge in [-0.15, -0.1) is 0 Å². The molecule has 2 rings (SSSR count). The molecule has 1 amide bonds. The molecule has 2 heterocycles. The highest BCUT2D eigenvalue weighted by Gasteiger charge is 2.40. The number of ether oxygens (including phenoxy) is 2. The van der Waals surface area contributed by atoms with Gasteiger partial charge in [0.05, 0.1) is 17.6 Å². The molecule has 2 atom stereocenters. The highest BCUT2D eigenvalue weighted by atomic mass is 16.5. The van der Waals surface area contributed by atoms with Gasteiger partial charge in [0.1, 0.15) is 0 Å². The average Bonchev–Trinajstić information content (AvgIpc) is 2.52. The zero-order chi connectivity index (χ0) is 17.1. The van der Waals surface area contributed by atoms with Crippen LogP contribution in [0, 0.1) is 5.41 Å². The molecule has 2 aliphatic rings. The first-order valence-electron chi connectivity index (χ1n) is 8.76. The van der Waals surface area contributed by atoms with Gasteiger partial charge in [-0.3, -0.25) is 9.69 Å². The van der Waals surface area contributed by atoms with Crippen molar-refractivity contribution in [3.05, 3.63) is 0 Å². The molecule has 6 heteroatoms. The summed E-state index contributed by atoms with van der Waals surface area (Å²) in [6.45, 7) is 12.6. The summed E-state index contributed by atoms with van der Waals surface area (Å²) in [5.41, 5.74) is 5.35. The summed E-state index contributed by atoms with van der Waals surface area (Å²) < 4.78 is 11.2. The quantitative estimate of drug-likeness (QED) is 0.779. The fourth-order valence-electron chi connectivity index (χ4n) is 3.55. The standard InChI is InChI=1S/C17H33N3O3/c1-13-9-20(10-14(2)23-13)16(3,4)12-19-15(21)17(11-18)5-7-22-8-6-17/h13-14H,5-12,18H2,1-4H3,(H,19,21). The summed E-state index contributed by atoms with van der Waals surface area (Å²) in [7, 11) is 0. The van der Waals surface area contributed by atoms with E-state index in [2.05, 4.69) is 37.9 Å². The van der Waals surface area contributed by atoms with E-state index in [4.69, 9.17) is 15.2 Å². The number of amides is 1. The van der Waals surface area contributed by atoms with Crippen molar-refractivity contribution in [2.75, 3.05) is 39.4 Å². The Labute approximate surface area is 140 Å². The van der Waals surface area contributed by atoms with Gasteiger partial charge in [0.25, 0.3) is 0 Å². The number of rotatable bonds is 5. The van der Waals surface area contributed by atoms with Crippen molar-refractivity contribution >= 4 is 5.91 Å². The van der Waals surface area contributed by atoms with Crippen molar-refractivity contribution in [1.29, 1.82) is 0 Å². The number of hydrogen-bond acceptors (Lipinski definition) is 5. The van der Waals surface area contributed by atoms with E-state index >= 15 is 0 Å². The van der Waals surface area contributed by atoms with Crippen molar-refractivity contribution in [3.63, 3.8) is 0 Å². The number of nitrogens with two attached hydrogens (primary N) is 1. The van der Waals surface area contributed by atoms with Gasteiger partial charge in [-0.1, -0.05) is 0 Å². The van der Waals surface area contributed by atoms with Gasteiger partial charge in [0.2, 0.25) is 5.91 Å². The zero-order valence-corrected chi connectivity index (χ0v) is 15.1. The molecule has 6 nitrogen and oxygen atoms in total. The van der Waals surface area contributed by atoms with Crippen LogP contribution in [0.5, 0.6) is 0 Å². The average molecular weight is 327 g/mol. The number of carbonyl (C=O) groups excluding carboxylic acids is 1. The van der Waals surface area contributed by atoms with E-state index in [0.29, 0.717) is 39.1 Å². The van der Waals surface area contributed by atoms with Gasteiger partial charge < -0.3 is 20.5 Å². The molecule has 2 unspecified atom stereocenters. The second kappa shape index (κ2) is 7.47. The van der Waals surface area contributed by atoms with E-state index in [0.717, 1.165) is 13.1 Å². The second-order valence-electron chi connectivity index (χ2n) is 7.75. The molecule has 2 fully saturated rings. The molecular formula is C17H33N3O3. The van der Waals surface area contributed by atoms with E-state index < -0.39 is 5.41 Å². The normalized spacial score (nSPS) is 29.3. The number of nitrogens with zero attached hydrogens (tertiary/aromatic N) is 1. The van der Waals surface area contributed by atoms with E-state index in [1.807, 2.05) is 0 Å². The van der Waals surface area contributed by atoms with Gasteiger partial charge in [0.15, 0.2) is 0 Å². The fourth-order valence-corrected chi connectivity index (χ4v) is 3.55. The molecule has 0 aromatic carbocycles. The van der Waals surface area contributed by atoms with Crippen LogP contribution in [-0.2, 0) is 14.3 Å². The lowest BCUT2D eigenvalue weighted by Gasteiger charge is -2.45. The Bertz CT molecular complexity index is 398. The third-order valence-corrected chi connectivity index (χ3v) is 5.28. The van der Waals surface area contributed by atoms with Gasteiger partial charge in [-0.2, -0.15) is 0 Å². The molecular weight excluding hydrogens is 294 g/mol. The smallest absolute Gasteiger partial charge is 0.227 e. The summed E-state index contributed by atoms with van der Waals surface area (Å²) in [5, 5.41) is 3.15. The summed E-state index contributed by atoms with van der Waals surface area (Å²) >= 11 is 0. The monoisotopic (exact) mass is 327 g/mol. The van der Waals surface area contributed by atoms with Crippen LogP contribution in [0.2, 0.25) is 0 Å². The number of nitrogens with one attached hydrogen (secondary N) is 1. The Morgan fingerprint density at radius 1 is 1.26 bits per heavy atom. The van der Waals surface area contributed by atoms with Crippen LogP contribution >= 0.6 is 0 Å². The summed E-state index contributed by atoms with van der Waals surface area (Å²) in [4.78, 5) is 15.1.